The zero-order valence-corrected chi connectivity index (χ0v) is 17.5. The van der Waals surface area contributed by atoms with Crippen LogP contribution in [0.4, 0.5) is 5.69 Å². The van der Waals surface area contributed by atoms with Crippen molar-refractivity contribution < 1.29 is 9.59 Å². The van der Waals surface area contributed by atoms with E-state index in [0.29, 0.717) is 17.7 Å². The normalized spacial score (nSPS) is 18.5. The van der Waals surface area contributed by atoms with Gasteiger partial charge in [0.05, 0.1) is 11.3 Å². The van der Waals surface area contributed by atoms with Crippen molar-refractivity contribution in [3.63, 3.8) is 0 Å². The lowest BCUT2D eigenvalue weighted by atomic mass is 9.97. The number of amides is 2. The highest BCUT2D eigenvalue weighted by Crippen LogP contribution is 2.35. The highest BCUT2D eigenvalue weighted by Gasteiger charge is 2.38. The van der Waals surface area contributed by atoms with Crippen molar-refractivity contribution in [1.29, 1.82) is 0 Å². The number of anilines is 1. The van der Waals surface area contributed by atoms with Gasteiger partial charge in [0.15, 0.2) is 0 Å². The van der Waals surface area contributed by atoms with E-state index >= 15 is 0 Å². The van der Waals surface area contributed by atoms with Crippen LogP contribution in [0.3, 0.4) is 0 Å². The quantitative estimate of drug-likeness (QED) is 0.774. The van der Waals surface area contributed by atoms with Crippen LogP contribution in [0.1, 0.15) is 52.5 Å². The molecule has 2 aromatic rings. The van der Waals surface area contributed by atoms with Gasteiger partial charge in [-0.25, -0.2) is 0 Å². The Labute approximate surface area is 173 Å². The summed E-state index contributed by atoms with van der Waals surface area (Å²) >= 11 is 3.42. The third-order valence-corrected chi connectivity index (χ3v) is 6.13. The number of fused-ring (bicyclic) bond motifs is 2. The molecular formula is C22H24BrN3O2. The maximum atomic E-state index is 12.9. The van der Waals surface area contributed by atoms with Crippen LogP contribution < -0.4 is 10.2 Å². The highest BCUT2D eigenvalue weighted by molar-refractivity contribution is 9.10. The monoisotopic (exact) mass is 441 g/mol. The summed E-state index contributed by atoms with van der Waals surface area (Å²) in [5.74, 6) is -0.0356. The second kappa shape index (κ2) is 7.95. The fourth-order valence-corrected chi connectivity index (χ4v) is 4.41. The second-order valence-corrected chi connectivity index (χ2v) is 8.22. The Bertz CT molecular complexity index is 897. The Morgan fingerprint density at radius 3 is 2.71 bits per heavy atom. The summed E-state index contributed by atoms with van der Waals surface area (Å²) in [6.07, 6.45) is 3.29. The molecular weight excluding hydrogens is 418 g/mol. The highest BCUT2D eigenvalue weighted by atomic mass is 79.9. The number of hydrogen-bond donors (Lipinski definition) is 1. The summed E-state index contributed by atoms with van der Waals surface area (Å²) in [6, 6.07) is 13.3. The first-order chi connectivity index (χ1) is 13.6. The molecule has 0 unspecified atom stereocenters. The molecule has 0 aliphatic carbocycles. The van der Waals surface area contributed by atoms with Gasteiger partial charge >= 0.3 is 0 Å². The minimum absolute atomic E-state index is 0.0891. The first-order valence-electron chi connectivity index (χ1n) is 9.83. The number of nitrogens with one attached hydrogen (secondary N) is 1. The molecule has 0 radical (unpaired) electrons. The predicted octanol–water partition coefficient (Wildman–Crippen LogP) is 4.17. The molecule has 28 heavy (non-hydrogen) atoms. The van der Waals surface area contributed by atoms with E-state index in [1.807, 2.05) is 35.2 Å². The van der Waals surface area contributed by atoms with E-state index in [1.54, 1.807) is 12.1 Å². The van der Waals surface area contributed by atoms with Crippen LogP contribution in [0, 0.1) is 0 Å². The third kappa shape index (κ3) is 3.53. The van der Waals surface area contributed by atoms with Gasteiger partial charge in [-0.2, -0.15) is 0 Å². The molecule has 2 heterocycles. The predicted molar refractivity (Wildman–Crippen MR) is 113 cm³/mol. The van der Waals surface area contributed by atoms with Crippen molar-refractivity contribution >= 4 is 33.4 Å². The number of rotatable bonds is 4. The van der Waals surface area contributed by atoms with Gasteiger partial charge in [0.1, 0.15) is 6.17 Å². The van der Waals surface area contributed by atoms with E-state index in [1.165, 1.54) is 0 Å². The Kier molecular flexibility index (Phi) is 5.40. The molecule has 1 fully saturated rings. The van der Waals surface area contributed by atoms with Crippen molar-refractivity contribution in [1.82, 2.24) is 10.2 Å². The number of piperidine rings is 1. The molecule has 6 heteroatoms. The standard InChI is InChI=1S/C22H24BrN3O2/c1-2-25-19-13-16(21(27)24-14-15-6-9-17(23)10-7-15)8-11-18(19)22(28)26-12-4-3-5-20(25)26/h6-11,13,20H,2-5,12,14H2,1H3,(H,24,27)/t20-/m0/s1. The minimum Gasteiger partial charge on any atom is -0.351 e. The average molecular weight is 442 g/mol. The van der Waals surface area contributed by atoms with Gasteiger partial charge in [0, 0.05) is 29.7 Å². The van der Waals surface area contributed by atoms with Crippen molar-refractivity contribution in [3.05, 3.63) is 63.6 Å². The minimum atomic E-state index is -0.125. The number of nitrogens with zero attached hydrogens (tertiary/aromatic N) is 2. The van der Waals surface area contributed by atoms with E-state index in [2.05, 4.69) is 33.1 Å². The SMILES string of the molecule is CCN1c2cc(C(=O)NCc3ccc(Br)cc3)ccc2C(=O)N2CCCC[C@H]21. The topological polar surface area (TPSA) is 52.7 Å². The molecule has 1 atom stereocenters. The maximum Gasteiger partial charge on any atom is 0.257 e. The molecule has 0 bridgehead atoms. The van der Waals surface area contributed by atoms with Crippen LogP contribution in [0.5, 0.6) is 0 Å². The largest absolute Gasteiger partial charge is 0.351 e. The first-order valence-corrected chi connectivity index (χ1v) is 10.6. The molecule has 0 aromatic heterocycles. The number of hydrogen-bond acceptors (Lipinski definition) is 3. The first kappa shape index (κ1) is 19.0. The lowest BCUT2D eigenvalue weighted by Crippen LogP contribution is -2.57. The Hall–Kier alpha value is -2.34. The molecule has 2 aliphatic rings. The number of halogens is 1. The van der Waals surface area contributed by atoms with Gasteiger partial charge in [-0.05, 0) is 62.1 Å². The van der Waals surface area contributed by atoms with Crippen molar-refractivity contribution in [2.45, 2.75) is 38.9 Å². The fraction of sp³-hybridized carbons (Fsp3) is 0.364. The van der Waals surface area contributed by atoms with E-state index in [9.17, 15) is 9.59 Å². The van der Waals surface area contributed by atoms with Crippen molar-refractivity contribution in [2.75, 3.05) is 18.0 Å². The summed E-state index contributed by atoms with van der Waals surface area (Å²) in [5, 5.41) is 2.97. The molecule has 1 saturated heterocycles. The smallest absolute Gasteiger partial charge is 0.257 e. The number of benzene rings is 2. The van der Waals surface area contributed by atoms with Gasteiger partial charge in [0.25, 0.3) is 11.8 Å². The van der Waals surface area contributed by atoms with E-state index < -0.39 is 0 Å². The van der Waals surface area contributed by atoms with E-state index in [4.69, 9.17) is 0 Å². The Morgan fingerprint density at radius 2 is 1.96 bits per heavy atom. The molecule has 0 spiro atoms. The zero-order valence-electron chi connectivity index (χ0n) is 16.0. The number of carbonyl (C=O) groups excluding carboxylic acids is 2. The molecule has 2 aliphatic heterocycles. The fourth-order valence-electron chi connectivity index (χ4n) is 4.15. The van der Waals surface area contributed by atoms with Gasteiger partial charge in [-0.15, -0.1) is 0 Å². The molecule has 4 rings (SSSR count). The lowest BCUT2D eigenvalue weighted by Gasteiger charge is -2.47. The van der Waals surface area contributed by atoms with Crippen LogP contribution >= 0.6 is 15.9 Å². The van der Waals surface area contributed by atoms with Gasteiger partial charge in [-0.3, -0.25) is 9.59 Å². The van der Waals surface area contributed by atoms with E-state index in [-0.39, 0.29) is 18.0 Å². The Balaban J connectivity index is 1.56. The molecule has 0 saturated carbocycles. The molecule has 2 aromatic carbocycles. The summed E-state index contributed by atoms with van der Waals surface area (Å²) in [5.41, 5.74) is 3.21. The molecule has 2 amide bonds. The molecule has 5 nitrogen and oxygen atoms in total. The van der Waals surface area contributed by atoms with Crippen LogP contribution in [0.2, 0.25) is 0 Å². The van der Waals surface area contributed by atoms with Crippen molar-refractivity contribution in [3.8, 4) is 0 Å². The summed E-state index contributed by atoms with van der Waals surface area (Å²) in [6.45, 7) is 4.20. The maximum absolute atomic E-state index is 12.9. The van der Waals surface area contributed by atoms with E-state index in [0.717, 1.165) is 48.1 Å². The summed E-state index contributed by atoms with van der Waals surface area (Å²) in [4.78, 5) is 29.9. The number of carbonyl (C=O) groups is 2. The summed E-state index contributed by atoms with van der Waals surface area (Å²) in [7, 11) is 0. The zero-order chi connectivity index (χ0) is 19.7. The van der Waals surface area contributed by atoms with Gasteiger partial charge < -0.3 is 15.1 Å². The molecule has 146 valence electrons. The third-order valence-electron chi connectivity index (χ3n) is 5.60. The average Bonchev–Trinajstić information content (AvgIpc) is 2.73. The van der Waals surface area contributed by atoms with Crippen LogP contribution in [-0.4, -0.2) is 36.0 Å². The van der Waals surface area contributed by atoms with Gasteiger partial charge in [0.2, 0.25) is 0 Å². The summed E-state index contributed by atoms with van der Waals surface area (Å²) < 4.78 is 1.01. The van der Waals surface area contributed by atoms with Crippen LogP contribution in [-0.2, 0) is 6.54 Å². The Morgan fingerprint density at radius 1 is 1.18 bits per heavy atom. The molecule has 1 N–H and O–H groups in total. The van der Waals surface area contributed by atoms with Gasteiger partial charge in [-0.1, -0.05) is 28.1 Å². The lowest BCUT2D eigenvalue weighted by molar-refractivity contribution is 0.0582. The van der Waals surface area contributed by atoms with Crippen LogP contribution in [0.15, 0.2) is 46.9 Å². The second-order valence-electron chi connectivity index (χ2n) is 7.30. The van der Waals surface area contributed by atoms with Crippen LogP contribution in [0.25, 0.3) is 0 Å². The van der Waals surface area contributed by atoms with Crippen molar-refractivity contribution in [2.24, 2.45) is 0 Å².